The highest BCUT2D eigenvalue weighted by Gasteiger charge is 2.22. The molecule has 1 fully saturated rings. The van der Waals surface area contributed by atoms with Gasteiger partial charge in [-0.15, -0.1) is 0 Å². The molecular weight excluding hydrogens is 252 g/mol. The second kappa shape index (κ2) is 8.63. The zero-order valence-corrected chi connectivity index (χ0v) is 13.5. The molecule has 0 saturated carbocycles. The van der Waals surface area contributed by atoms with Gasteiger partial charge in [0, 0.05) is 13.2 Å². The van der Waals surface area contributed by atoms with E-state index >= 15 is 0 Å². The molecule has 1 aliphatic heterocycles. The fourth-order valence-corrected chi connectivity index (χ4v) is 2.65. The SMILES string of the molecule is CC(C(=O)NCCCC(C)(C)CO)N1CCCCCC1. The lowest BCUT2D eigenvalue weighted by molar-refractivity contribution is -0.125. The second-order valence-electron chi connectivity index (χ2n) is 6.84. The van der Waals surface area contributed by atoms with Gasteiger partial charge >= 0.3 is 0 Å². The van der Waals surface area contributed by atoms with Gasteiger partial charge < -0.3 is 10.4 Å². The number of carbonyl (C=O) groups excluding carboxylic acids is 1. The van der Waals surface area contributed by atoms with E-state index in [2.05, 4.69) is 24.1 Å². The molecular formula is C16H32N2O2. The summed E-state index contributed by atoms with van der Waals surface area (Å²) in [6, 6.07) is -0.0149. The molecule has 20 heavy (non-hydrogen) atoms. The number of nitrogens with one attached hydrogen (secondary N) is 1. The van der Waals surface area contributed by atoms with Gasteiger partial charge in [0.2, 0.25) is 5.91 Å². The molecule has 0 aromatic rings. The number of amides is 1. The van der Waals surface area contributed by atoms with Gasteiger partial charge in [0.1, 0.15) is 0 Å². The molecule has 0 radical (unpaired) electrons. The fourth-order valence-electron chi connectivity index (χ4n) is 2.65. The van der Waals surface area contributed by atoms with Crippen LogP contribution in [0.3, 0.4) is 0 Å². The van der Waals surface area contributed by atoms with Crippen LogP contribution in [0.15, 0.2) is 0 Å². The van der Waals surface area contributed by atoms with Gasteiger partial charge in [-0.2, -0.15) is 0 Å². The molecule has 1 saturated heterocycles. The van der Waals surface area contributed by atoms with Crippen LogP contribution < -0.4 is 5.32 Å². The summed E-state index contributed by atoms with van der Waals surface area (Å²) in [6.45, 7) is 9.12. The summed E-state index contributed by atoms with van der Waals surface area (Å²) in [7, 11) is 0. The topological polar surface area (TPSA) is 52.6 Å². The lowest BCUT2D eigenvalue weighted by atomic mass is 9.89. The van der Waals surface area contributed by atoms with E-state index in [-0.39, 0.29) is 24.0 Å². The van der Waals surface area contributed by atoms with Crippen molar-refractivity contribution in [2.75, 3.05) is 26.2 Å². The third-order valence-corrected chi connectivity index (χ3v) is 4.33. The summed E-state index contributed by atoms with van der Waals surface area (Å²) in [4.78, 5) is 14.5. The van der Waals surface area contributed by atoms with E-state index < -0.39 is 0 Å². The van der Waals surface area contributed by atoms with E-state index in [0.29, 0.717) is 6.54 Å². The molecule has 118 valence electrons. The first kappa shape index (κ1) is 17.4. The number of likely N-dealkylation sites (tertiary alicyclic amines) is 1. The molecule has 2 N–H and O–H groups in total. The van der Waals surface area contributed by atoms with E-state index in [4.69, 9.17) is 0 Å². The van der Waals surface area contributed by atoms with E-state index in [1.807, 2.05) is 6.92 Å². The zero-order chi connectivity index (χ0) is 15.0. The van der Waals surface area contributed by atoms with Crippen LogP contribution >= 0.6 is 0 Å². The Morgan fingerprint density at radius 1 is 1.25 bits per heavy atom. The Morgan fingerprint density at radius 2 is 1.85 bits per heavy atom. The molecule has 4 nitrogen and oxygen atoms in total. The summed E-state index contributed by atoms with van der Waals surface area (Å²) in [5.41, 5.74) is -0.0405. The van der Waals surface area contributed by atoms with Crippen molar-refractivity contribution in [2.45, 2.75) is 65.3 Å². The normalized spacial score (nSPS) is 19.4. The van der Waals surface area contributed by atoms with Crippen LogP contribution in [0.25, 0.3) is 0 Å². The molecule has 0 bridgehead atoms. The van der Waals surface area contributed by atoms with Crippen molar-refractivity contribution in [2.24, 2.45) is 5.41 Å². The molecule has 0 spiro atoms. The minimum absolute atomic E-state index is 0.0149. The highest BCUT2D eigenvalue weighted by Crippen LogP contribution is 2.20. The Kier molecular flexibility index (Phi) is 7.52. The number of aliphatic hydroxyl groups is 1. The van der Waals surface area contributed by atoms with Crippen LogP contribution in [-0.2, 0) is 4.79 Å². The quantitative estimate of drug-likeness (QED) is 0.705. The summed E-state index contributed by atoms with van der Waals surface area (Å²) < 4.78 is 0. The number of rotatable bonds is 7. The van der Waals surface area contributed by atoms with Gasteiger partial charge in [0.25, 0.3) is 0 Å². The van der Waals surface area contributed by atoms with Crippen LogP contribution in [0.5, 0.6) is 0 Å². The van der Waals surface area contributed by atoms with E-state index in [1.54, 1.807) is 0 Å². The highest BCUT2D eigenvalue weighted by atomic mass is 16.3. The standard InChI is InChI=1S/C16H32N2O2/c1-14(18-11-6-4-5-7-12-18)15(20)17-10-8-9-16(2,3)13-19/h14,19H,4-13H2,1-3H3,(H,17,20). The monoisotopic (exact) mass is 284 g/mol. The Labute approximate surface area is 123 Å². The van der Waals surface area contributed by atoms with Crippen LogP contribution in [0.2, 0.25) is 0 Å². The van der Waals surface area contributed by atoms with Crippen LogP contribution in [0.1, 0.15) is 59.3 Å². The summed E-state index contributed by atoms with van der Waals surface area (Å²) >= 11 is 0. The number of nitrogens with zero attached hydrogens (tertiary/aromatic N) is 1. The van der Waals surface area contributed by atoms with Crippen molar-refractivity contribution in [1.82, 2.24) is 10.2 Å². The third kappa shape index (κ3) is 6.23. The number of aliphatic hydroxyl groups excluding tert-OH is 1. The van der Waals surface area contributed by atoms with Gasteiger partial charge in [0.15, 0.2) is 0 Å². The highest BCUT2D eigenvalue weighted by molar-refractivity contribution is 5.81. The van der Waals surface area contributed by atoms with E-state index in [1.165, 1.54) is 25.7 Å². The maximum absolute atomic E-state index is 12.1. The molecule has 0 aromatic heterocycles. The maximum Gasteiger partial charge on any atom is 0.237 e. The predicted octanol–water partition coefficient (Wildman–Crippen LogP) is 2.17. The lowest BCUT2D eigenvalue weighted by Crippen LogP contribution is -2.45. The first-order valence-electron chi connectivity index (χ1n) is 8.09. The largest absolute Gasteiger partial charge is 0.396 e. The summed E-state index contributed by atoms with van der Waals surface area (Å²) in [5, 5.41) is 12.2. The first-order valence-corrected chi connectivity index (χ1v) is 8.09. The lowest BCUT2D eigenvalue weighted by Gasteiger charge is -2.27. The average Bonchev–Trinajstić information content (AvgIpc) is 2.71. The second-order valence-corrected chi connectivity index (χ2v) is 6.84. The molecule has 1 amide bonds. The minimum atomic E-state index is -0.0405. The van der Waals surface area contributed by atoms with Crippen molar-refractivity contribution in [3.63, 3.8) is 0 Å². The van der Waals surface area contributed by atoms with Crippen LogP contribution in [-0.4, -0.2) is 48.2 Å². The van der Waals surface area contributed by atoms with Gasteiger partial charge in [-0.25, -0.2) is 0 Å². The van der Waals surface area contributed by atoms with Gasteiger partial charge in [-0.3, -0.25) is 9.69 Å². The van der Waals surface area contributed by atoms with E-state index in [9.17, 15) is 9.90 Å². The van der Waals surface area contributed by atoms with Crippen molar-refractivity contribution >= 4 is 5.91 Å². The Bertz CT molecular complexity index is 284. The summed E-state index contributed by atoms with van der Waals surface area (Å²) in [6.07, 6.45) is 6.86. The van der Waals surface area contributed by atoms with Crippen LogP contribution in [0.4, 0.5) is 0 Å². The van der Waals surface area contributed by atoms with Crippen molar-refractivity contribution < 1.29 is 9.90 Å². The maximum atomic E-state index is 12.1. The van der Waals surface area contributed by atoms with Crippen LogP contribution in [0, 0.1) is 5.41 Å². The number of hydrogen-bond donors (Lipinski definition) is 2. The Hall–Kier alpha value is -0.610. The van der Waals surface area contributed by atoms with Gasteiger partial charge in [0.05, 0.1) is 6.04 Å². The molecule has 1 heterocycles. The Balaban J connectivity index is 2.24. The molecule has 1 aliphatic rings. The molecule has 1 atom stereocenters. The van der Waals surface area contributed by atoms with Crippen molar-refractivity contribution in [3.05, 3.63) is 0 Å². The fraction of sp³-hybridized carbons (Fsp3) is 0.938. The van der Waals surface area contributed by atoms with Crippen molar-refractivity contribution in [3.8, 4) is 0 Å². The first-order chi connectivity index (χ1) is 9.46. The zero-order valence-electron chi connectivity index (χ0n) is 13.5. The predicted molar refractivity (Wildman–Crippen MR) is 82.6 cm³/mol. The van der Waals surface area contributed by atoms with Gasteiger partial charge in [-0.05, 0) is 51.1 Å². The molecule has 1 rings (SSSR count). The summed E-state index contributed by atoms with van der Waals surface area (Å²) in [5.74, 6) is 0.147. The molecule has 1 unspecified atom stereocenters. The number of hydrogen-bond acceptors (Lipinski definition) is 3. The smallest absolute Gasteiger partial charge is 0.237 e. The molecule has 0 aromatic carbocycles. The average molecular weight is 284 g/mol. The van der Waals surface area contributed by atoms with Crippen molar-refractivity contribution in [1.29, 1.82) is 0 Å². The third-order valence-electron chi connectivity index (χ3n) is 4.33. The van der Waals surface area contributed by atoms with E-state index in [0.717, 1.165) is 25.9 Å². The Morgan fingerprint density at radius 3 is 2.40 bits per heavy atom. The van der Waals surface area contributed by atoms with Gasteiger partial charge in [-0.1, -0.05) is 26.7 Å². The number of carbonyl (C=O) groups is 1. The molecule has 4 heteroatoms. The minimum Gasteiger partial charge on any atom is -0.396 e. The molecule has 0 aliphatic carbocycles.